The van der Waals surface area contributed by atoms with Gasteiger partial charge in [-0.2, -0.15) is 0 Å². The van der Waals surface area contributed by atoms with E-state index >= 15 is 0 Å². The summed E-state index contributed by atoms with van der Waals surface area (Å²) >= 11 is 0. The number of carbonyl (C=O) groups excluding carboxylic acids is 1. The molecule has 0 spiro atoms. The van der Waals surface area contributed by atoms with Crippen LogP contribution in [0.3, 0.4) is 0 Å². The summed E-state index contributed by atoms with van der Waals surface area (Å²) in [5.41, 5.74) is 1.02. The Bertz CT molecular complexity index is 721. The highest BCUT2D eigenvalue weighted by Gasteiger charge is 2.28. The second-order valence-electron chi connectivity index (χ2n) is 7.70. The van der Waals surface area contributed by atoms with Gasteiger partial charge in [0, 0.05) is 31.3 Å². The maximum absolute atomic E-state index is 12.0. The van der Waals surface area contributed by atoms with Crippen molar-refractivity contribution < 1.29 is 14.5 Å². The highest BCUT2D eigenvalue weighted by atomic mass is 16.6. The van der Waals surface area contributed by atoms with Gasteiger partial charge in [-0.15, -0.1) is 0 Å². The molecule has 8 heteroatoms. The Morgan fingerprint density at radius 3 is 2.45 bits per heavy atom. The molecule has 0 bridgehead atoms. The fourth-order valence-corrected chi connectivity index (χ4v) is 3.97. The number of esters is 1. The summed E-state index contributed by atoms with van der Waals surface area (Å²) in [6.07, 6.45) is 6.30. The first-order chi connectivity index (χ1) is 14.1. The summed E-state index contributed by atoms with van der Waals surface area (Å²) in [6, 6.07) is 6.97. The molecule has 0 atom stereocenters. The van der Waals surface area contributed by atoms with E-state index in [-0.39, 0.29) is 17.6 Å². The molecular formula is C21H30N4O4. The Morgan fingerprint density at radius 1 is 1.21 bits per heavy atom. The number of rotatable bonds is 6. The minimum atomic E-state index is -0.395. The molecule has 8 nitrogen and oxygen atoms in total. The SMILES string of the molecule is CCOC(=O)C1CCN(C(=NCc2ccc([N+](=O)[O-])cc2)NC2CCCC2)CC1. The van der Waals surface area contributed by atoms with Crippen molar-refractivity contribution in [2.75, 3.05) is 19.7 Å². The molecule has 0 radical (unpaired) electrons. The van der Waals surface area contributed by atoms with Gasteiger partial charge in [0.1, 0.15) is 0 Å². The summed E-state index contributed by atoms with van der Waals surface area (Å²) in [7, 11) is 0. The van der Waals surface area contributed by atoms with Gasteiger partial charge in [-0.3, -0.25) is 14.9 Å². The van der Waals surface area contributed by atoms with E-state index in [1.807, 2.05) is 6.92 Å². The van der Waals surface area contributed by atoms with E-state index in [9.17, 15) is 14.9 Å². The molecule has 29 heavy (non-hydrogen) atoms. The Morgan fingerprint density at radius 2 is 1.86 bits per heavy atom. The number of likely N-dealkylation sites (tertiary alicyclic amines) is 1. The van der Waals surface area contributed by atoms with E-state index in [4.69, 9.17) is 9.73 Å². The third-order valence-corrected chi connectivity index (χ3v) is 5.66. The molecule has 1 heterocycles. The number of non-ortho nitro benzene ring substituents is 1. The Kier molecular flexibility index (Phi) is 7.43. The lowest BCUT2D eigenvalue weighted by Crippen LogP contribution is -2.49. The van der Waals surface area contributed by atoms with Gasteiger partial charge in [-0.25, -0.2) is 4.99 Å². The predicted molar refractivity (Wildman–Crippen MR) is 111 cm³/mol. The molecule has 1 aromatic rings. The predicted octanol–water partition coefficient (Wildman–Crippen LogP) is 3.26. The fraction of sp³-hybridized carbons (Fsp3) is 0.619. The number of ether oxygens (including phenoxy) is 1. The van der Waals surface area contributed by atoms with Gasteiger partial charge in [0.15, 0.2) is 5.96 Å². The van der Waals surface area contributed by atoms with Crippen LogP contribution in [-0.4, -0.2) is 47.5 Å². The van der Waals surface area contributed by atoms with Crippen LogP contribution in [0.1, 0.15) is 51.0 Å². The van der Waals surface area contributed by atoms with E-state index in [2.05, 4.69) is 10.2 Å². The van der Waals surface area contributed by atoms with E-state index in [1.165, 1.54) is 25.0 Å². The Balaban J connectivity index is 1.65. The van der Waals surface area contributed by atoms with E-state index in [0.717, 1.165) is 50.3 Å². The number of piperidine rings is 1. The van der Waals surface area contributed by atoms with Crippen LogP contribution in [0.25, 0.3) is 0 Å². The van der Waals surface area contributed by atoms with Crippen LogP contribution in [0, 0.1) is 16.0 Å². The molecule has 2 fully saturated rings. The normalized spacial score (nSPS) is 18.7. The maximum atomic E-state index is 12.0. The quantitative estimate of drug-likeness (QED) is 0.258. The second-order valence-corrected chi connectivity index (χ2v) is 7.70. The van der Waals surface area contributed by atoms with E-state index < -0.39 is 4.92 Å². The molecule has 0 aromatic heterocycles. The molecule has 1 saturated carbocycles. The molecule has 158 valence electrons. The van der Waals surface area contributed by atoms with Gasteiger partial charge in [0.25, 0.3) is 5.69 Å². The number of aliphatic imine (C=N–C) groups is 1. The van der Waals surface area contributed by atoms with Gasteiger partial charge in [0.05, 0.1) is 24.0 Å². The summed E-state index contributed by atoms with van der Waals surface area (Å²) in [6.45, 7) is 4.25. The summed E-state index contributed by atoms with van der Waals surface area (Å²) in [4.78, 5) is 29.5. The van der Waals surface area contributed by atoms with Crippen LogP contribution in [-0.2, 0) is 16.1 Å². The zero-order valence-corrected chi connectivity index (χ0v) is 17.0. The lowest BCUT2D eigenvalue weighted by atomic mass is 9.97. The van der Waals surface area contributed by atoms with E-state index in [0.29, 0.717) is 19.2 Å². The molecule has 1 aliphatic carbocycles. The van der Waals surface area contributed by atoms with E-state index in [1.54, 1.807) is 12.1 Å². The van der Waals surface area contributed by atoms with Crippen molar-refractivity contribution in [3.05, 3.63) is 39.9 Å². The van der Waals surface area contributed by atoms with Gasteiger partial charge in [-0.05, 0) is 38.2 Å². The van der Waals surface area contributed by atoms with Gasteiger partial charge in [-0.1, -0.05) is 25.0 Å². The number of hydrogen-bond acceptors (Lipinski definition) is 5. The molecule has 1 saturated heterocycles. The number of benzene rings is 1. The number of nitro benzene ring substituents is 1. The van der Waals surface area contributed by atoms with Crippen molar-refractivity contribution in [1.82, 2.24) is 10.2 Å². The molecule has 2 aliphatic rings. The van der Waals surface area contributed by atoms with Crippen LogP contribution >= 0.6 is 0 Å². The van der Waals surface area contributed by atoms with Crippen molar-refractivity contribution in [2.45, 2.75) is 58.0 Å². The average molecular weight is 402 g/mol. The topological polar surface area (TPSA) is 97.1 Å². The highest BCUT2D eigenvalue weighted by molar-refractivity contribution is 5.81. The first-order valence-electron chi connectivity index (χ1n) is 10.5. The number of carbonyl (C=O) groups is 1. The van der Waals surface area contributed by atoms with Crippen LogP contribution < -0.4 is 5.32 Å². The standard InChI is InChI=1S/C21H30N4O4/c1-2-29-20(26)17-11-13-24(14-12-17)21(23-18-5-3-4-6-18)22-15-16-7-9-19(10-8-16)25(27)28/h7-10,17-18H,2-6,11-15H2,1H3,(H,22,23). The number of nitro groups is 1. The van der Waals surface area contributed by atoms with Crippen molar-refractivity contribution in [3.8, 4) is 0 Å². The van der Waals surface area contributed by atoms with Crippen LogP contribution in [0.4, 0.5) is 5.69 Å². The van der Waals surface area contributed by atoms with Crippen LogP contribution in [0.2, 0.25) is 0 Å². The van der Waals surface area contributed by atoms with Gasteiger partial charge >= 0.3 is 5.97 Å². The monoisotopic (exact) mass is 402 g/mol. The zero-order chi connectivity index (χ0) is 20.6. The minimum absolute atomic E-state index is 0.0337. The minimum Gasteiger partial charge on any atom is -0.466 e. The summed E-state index contributed by atoms with van der Waals surface area (Å²) in [5, 5.41) is 14.4. The third-order valence-electron chi connectivity index (χ3n) is 5.66. The number of guanidine groups is 1. The van der Waals surface area contributed by atoms with Crippen molar-refractivity contribution in [1.29, 1.82) is 0 Å². The lowest BCUT2D eigenvalue weighted by Gasteiger charge is -2.34. The summed E-state index contributed by atoms with van der Waals surface area (Å²) in [5.74, 6) is 0.742. The van der Waals surface area contributed by atoms with Crippen LogP contribution in [0.15, 0.2) is 29.3 Å². The zero-order valence-electron chi connectivity index (χ0n) is 17.0. The molecule has 1 aromatic carbocycles. The third kappa shape index (κ3) is 5.92. The fourth-order valence-electron chi connectivity index (χ4n) is 3.97. The Hall–Kier alpha value is -2.64. The number of hydrogen-bond donors (Lipinski definition) is 1. The number of nitrogens with one attached hydrogen (secondary N) is 1. The second kappa shape index (κ2) is 10.2. The molecule has 1 N–H and O–H groups in total. The highest BCUT2D eigenvalue weighted by Crippen LogP contribution is 2.22. The van der Waals surface area contributed by atoms with Gasteiger partial charge in [0.2, 0.25) is 0 Å². The lowest BCUT2D eigenvalue weighted by molar-refractivity contribution is -0.384. The average Bonchev–Trinajstić information content (AvgIpc) is 3.25. The van der Waals surface area contributed by atoms with Crippen molar-refractivity contribution >= 4 is 17.6 Å². The first-order valence-corrected chi connectivity index (χ1v) is 10.5. The Labute approximate surface area is 171 Å². The van der Waals surface area contributed by atoms with Gasteiger partial charge < -0.3 is 15.0 Å². The largest absolute Gasteiger partial charge is 0.466 e. The maximum Gasteiger partial charge on any atom is 0.309 e. The smallest absolute Gasteiger partial charge is 0.309 e. The molecule has 0 unspecified atom stereocenters. The van der Waals surface area contributed by atoms with Crippen molar-refractivity contribution in [2.24, 2.45) is 10.9 Å². The number of nitrogens with zero attached hydrogens (tertiary/aromatic N) is 3. The molecular weight excluding hydrogens is 372 g/mol. The van der Waals surface area contributed by atoms with Crippen LogP contribution in [0.5, 0.6) is 0 Å². The first kappa shape index (κ1) is 21.1. The molecule has 3 rings (SSSR count). The summed E-state index contributed by atoms with van der Waals surface area (Å²) < 4.78 is 5.17. The van der Waals surface area contributed by atoms with Crippen molar-refractivity contribution in [3.63, 3.8) is 0 Å². The molecule has 1 aliphatic heterocycles. The molecule has 0 amide bonds.